The molecule has 1 unspecified atom stereocenters. The summed E-state index contributed by atoms with van der Waals surface area (Å²) in [6, 6.07) is 4.71. The first-order chi connectivity index (χ1) is 8.97. The fourth-order valence-corrected chi connectivity index (χ4v) is 1.53. The third-order valence-corrected chi connectivity index (χ3v) is 2.61. The molecule has 2 N–H and O–H groups in total. The average Bonchev–Trinajstić information content (AvgIpc) is 2.37. The van der Waals surface area contributed by atoms with Crippen molar-refractivity contribution < 1.29 is 19.4 Å². The summed E-state index contributed by atoms with van der Waals surface area (Å²) in [6.07, 6.45) is 0.865. The zero-order valence-electron chi connectivity index (χ0n) is 11.0. The van der Waals surface area contributed by atoms with Crippen molar-refractivity contribution in [2.45, 2.75) is 20.0 Å². The predicted octanol–water partition coefficient (Wildman–Crippen LogP) is 1.76. The molecule has 0 spiro atoms. The van der Waals surface area contributed by atoms with E-state index in [1.54, 1.807) is 32.1 Å². The molecule has 19 heavy (non-hydrogen) atoms. The van der Waals surface area contributed by atoms with Crippen LogP contribution in [-0.4, -0.2) is 29.6 Å². The minimum absolute atomic E-state index is 0.163. The number of nitrogens with one attached hydrogen (secondary N) is 1. The van der Waals surface area contributed by atoms with Gasteiger partial charge >= 0.3 is 5.97 Å². The van der Waals surface area contributed by atoms with Gasteiger partial charge in [-0.25, -0.2) is 4.79 Å². The van der Waals surface area contributed by atoms with Gasteiger partial charge in [-0.3, -0.25) is 4.79 Å². The largest absolute Gasteiger partial charge is 0.481 e. The molecule has 1 aromatic rings. The summed E-state index contributed by atoms with van der Waals surface area (Å²) in [6.45, 7) is 7.11. The van der Waals surface area contributed by atoms with E-state index in [0.717, 1.165) is 0 Å². The number of aromatic carboxylic acids is 1. The van der Waals surface area contributed by atoms with Crippen molar-refractivity contribution in [1.82, 2.24) is 5.32 Å². The zero-order valence-corrected chi connectivity index (χ0v) is 11.0. The summed E-state index contributed by atoms with van der Waals surface area (Å²) >= 11 is 0. The Morgan fingerprint density at radius 2 is 2.21 bits per heavy atom. The molecule has 0 aromatic heterocycles. The molecule has 0 heterocycles. The minimum atomic E-state index is -1.02. The van der Waals surface area contributed by atoms with E-state index in [2.05, 4.69) is 11.9 Å². The summed E-state index contributed by atoms with van der Waals surface area (Å²) in [4.78, 5) is 22.6. The van der Waals surface area contributed by atoms with E-state index in [1.807, 2.05) is 0 Å². The lowest BCUT2D eigenvalue weighted by Crippen LogP contribution is -2.36. The molecule has 5 heteroatoms. The first-order valence-electron chi connectivity index (χ1n) is 5.85. The Bertz CT molecular complexity index is 496. The molecule has 0 radical (unpaired) electrons. The Kier molecular flexibility index (Phi) is 5.11. The second kappa shape index (κ2) is 6.58. The van der Waals surface area contributed by atoms with Crippen molar-refractivity contribution in [3.05, 3.63) is 42.0 Å². The highest BCUT2D eigenvalue weighted by atomic mass is 16.5. The van der Waals surface area contributed by atoms with Crippen molar-refractivity contribution in [1.29, 1.82) is 0 Å². The van der Waals surface area contributed by atoms with Crippen LogP contribution in [0.25, 0.3) is 0 Å². The van der Waals surface area contributed by atoms with E-state index in [1.165, 1.54) is 6.07 Å². The normalized spacial score (nSPS) is 11.5. The Balaban J connectivity index is 2.82. The fraction of sp³-hybridized carbons (Fsp3) is 0.286. The molecule has 1 amide bonds. The average molecular weight is 263 g/mol. The number of hydrogen-bond donors (Lipinski definition) is 2. The first kappa shape index (κ1) is 14.8. The number of rotatable bonds is 6. The van der Waals surface area contributed by atoms with Gasteiger partial charge in [-0.05, 0) is 26.0 Å². The number of carboxylic acid groups (broad SMARTS) is 1. The van der Waals surface area contributed by atoms with Gasteiger partial charge in [0, 0.05) is 12.1 Å². The van der Waals surface area contributed by atoms with Crippen LogP contribution in [0.4, 0.5) is 0 Å². The van der Waals surface area contributed by atoms with E-state index >= 15 is 0 Å². The van der Waals surface area contributed by atoms with E-state index < -0.39 is 12.1 Å². The Morgan fingerprint density at radius 1 is 1.53 bits per heavy atom. The fourth-order valence-electron chi connectivity index (χ4n) is 1.53. The van der Waals surface area contributed by atoms with E-state index in [9.17, 15) is 9.59 Å². The van der Waals surface area contributed by atoms with Crippen molar-refractivity contribution in [3.8, 4) is 5.75 Å². The highest BCUT2D eigenvalue weighted by molar-refractivity contribution is 5.90. The Labute approximate surface area is 111 Å². The second-order valence-electron chi connectivity index (χ2n) is 4.03. The molecule has 0 fully saturated rings. The molecule has 0 aliphatic carbocycles. The van der Waals surface area contributed by atoms with E-state index in [4.69, 9.17) is 9.84 Å². The molecule has 1 atom stereocenters. The van der Waals surface area contributed by atoms with Gasteiger partial charge in [-0.2, -0.15) is 0 Å². The molecular formula is C14H17NO4. The lowest BCUT2D eigenvalue weighted by atomic mass is 10.1. The molecule has 0 aliphatic heterocycles. The molecule has 0 aliphatic rings. The first-order valence-corrected chi connectivity index (χ1v) is 5.85. The number of ether oxygens (including phenoxy) is 1. The molecule has 1 rings (SSSR count). The molecule has 102 valence electrons. The molecule has 1 aromatic carbocycles. The topological polar surface area (TPSA) is 75.6 Å². The maximum absolute atomic E-state index is 11.6. The summed E-state index contributed by atoms with van der Waals surface area (Å²) in [5.41, 5.74) is 0.662. The highest BCUT2D eigenvalue weighted by Gasteiger charge is 2.17. The van der Waals surface area contributed by atoms with Gasteiger partial charge in [-0.1, -0.05) is 12.1 Å². The summed E-state index contributed by atoms with van der Waals surface area (Å²) in [5.74, 6) is -0.909. The third-order valence-electron chi connectivity index (χ3n) is 2.61. The van der Waals surface area contributed by atoms with Gasteiger partial charge in [0.05, 0.1) is 5.56 Å². The number of hydrogen-bond acceptors (Lipinski definition) is 3. The van der Waals surface area contributed by atoms with E-state index in [-0.39, 0.29) is 11.5 Å². The number of carbonyl (C=O) groups excluding carboxylic acids is 1. The molecule has 0 bridgehead atoms. The quantitative estimate of drug-likeness (QED) is 0.767. The molecule has 0 saturated carbocycles. The number of carbonyl (C=O) groups is 2. The predicted molar refractivity (Wildman–Crippen MR) is 71.4 cm³/mol. The summed E-state index contributed by atoms with van der Waals surface area (Å²) < 4.78 is 5.49. The van der Waals surface area contributed by atoms with Crippen LogP contribution in [-0.2, 0) is 4.79 Å². The summed E-state index contributed by atoms with van der Waals surface area (Å²) in [5, 5.41) is 11.6. The molecule has 5 nitrogen and oxygen atoms in total. The van der Waals surface area contributed by atoms with Gasteiger partial charge < -0.3 is 15.2 Å². The van der Waals surface area contributed by atoms with Crippen LogP contribution in [0.15, 0.2) is 30.9 Å². The lowest BCUT2D eigenvalue weighted by Gasteiger charge is -2.16. The van der Waals surface area contributed by atoms with Crippen molar-refractivity contribution >= 4 is 11.9 Å². The van der Waals surface area contributed by atoms with Gasteiger partial charge in [0.1, 0.15) is 5.75 Å². The number of benzene rings is 1. The highest BCUT2D eigenvalue weighted by Crippen LogP contribution is 2.22. The van der Waals surface area contributed by atoms with Gasteiger partial charge in [0.25, 0.3) is 5.91 Å². The van der Waals surface area contributed by atoms with E-state index in [0.29, 0.717) is 17.9 Å². The van der Waals surface area contributed by atoms with Crippen molar-refractivity contribution in [2.75, 3.05) is 6.54 Å². The van der Waals surface area contributed by atoms with Crippen LogP contribution < -0.4 is 10.1 Å². The van der Waals surface area contributed by atoms with Crippen molar-refractivity contribution in [3.63, 3.8) is 0 Å². The SMILES string of the molecule is C=CCNC(=O)C(C)Oc1cccc(C(=O)O)c1C. The Morgan fingerprint density at radius 3 is 2.79 bits per heavy atom. The zero-order chi connectivity index (χ0) is 14.4. The van der Waals surface area contributed by atoms with Gasteiger partial charge in [-0.15, -0.1) is 6.58 Å². The van der Waals surface area contributed by atoms with Crippen LogP contribution >= 0.6 is 0 Å². The smallest absolute Gasteiger partial charge is 0.336 e. The monoisotopic (exact) mass is 263 g/mol. The van der Waals surface area contributed by atoms with Crippen molar-refractivity contribution in [2.24, 2.45) is 0 Å². The van der Waals surface area contributed by atoms with Crippen LogP contribution in [0.5, 0.6) is 5.75 Å². The van der Waals surface area contributed by atoms with Crippen LogP contribution in [0.3, 0.4) is 0 Å². The van der Waals surface area contributed by atoms with Gasteiger partial charge in [0.2, 0.25) is 0 Å². The lowest BCUT2D eigenvalue weighted by molar-refractivity contribution is -0.127. The molecule has 0 saturated heterocycles. The second-order valence-corrected chi connectivity index (χ2v) is 4.03. The third kappa shape index (κ3) is 3.84. The minimum Gasteiger partial charge on any atom is -0.481 e. The van der Waals surface area contributed by atoms with Gasteiger partial charge in [0.15, 0.2) is 6.10 Å². The maximum Gasteiger partial charge on any atom is 0.336 e. The van der Waals surface area contributed by atoms with Crippen LogP contribution in [0.1, 0.15) is 22.8 Å². The Hall–Kier alpha value is -2.30. The maximum atomic E-state index is 11.6. The van der Waals surface area contributed by atoms with Crippen LogP contribution in [0, 0.1) is 6.92 Å². The number of amides is 1. The number of carboxylic acids is 1. The summed E-state index contributed by atoms with van der Waals surface area (Å²) in [7, 11) is 0. The standard InChI is InChI=1S/C14H17NO4/c1-4-8-15-13(16)10(3)19-12-7-5-6-11(9(12)2)14(17)18/h4-7,10H,1,8H2,2-3H3,(H,15,16)(H,17,18). The van der Waals surface area contributed by atoms with Crippen LogP contribution in [0.2, 0.25) is 0 Å². The molecular weight excluding hydrogens is 246 g/mol.